The van der Waals surface area contributed by atoms with Gasteiger partial charge >= 0.3 is 0 Å². The summed E-state index contributed by atoms with van der Waals surface area (Å²) in [5.74, 6) is 0.0820. The maximum Gasteiger partial charge on any atom is 0.254 e. The van der Waals surface area contributed by atoms with Crippen LogP contribution < -0.4 is 4.90 Å². The minimum Gasteiger partial charge on any atom is -0.378 e. The number of allylic oxidation sites excluding steroid dienone is 1. The molecule has 0 aromatic heterocycles. The van der Waals surface area contributed by atoms with Gasteiger partial charge in [0, 0.05) is 51.0 Å². The van der Waals surface area contributed by atoms with Gasteiger partial charge in [-0.1, -0.05) is 24.3 Å². The number of hydrogen-bond donors (Lipinski definition) is 0. The van der Waals surface area contributed by atoms with E-state index in [1.54, 1.807) is 4.90 Å². The second-order valence-electron chi connectivity index (χ2n) is 6.52. The highest BCUT2D eigenvalue weighted by atomic mass is 16.5. The molecule has 5 heteroatoms. The molecule has 2 heterocycles. The molecule has 130 valence electrons. The van der Waals surface area contributed by atoms with Crippen molar-refractivity contribution in [3.8, 4) is 0 Å². The molecule has 0 unspecified atom stereocenters. The molecule has 0 bridgehead atoms. The summed E-state index contributed by atoms with van der Waals surface area (Å²) < 4.78 is 5.28. The first-order valence-electron chi connectivity index (χ1n) is 8.71. The highest BCUT2D eigenvalue weighted by Gasteiger charge is 2.29. The van der Waals surface area contributed by atoms with E-state index in [9.17, 15) is 4.79 Å². The maximum absolute atomic E-state index is 12.8. The molecule has 1 aromatic carbocycles. The van der Waals surface area contributed by atoms with Gasteiger partial charge in [0.15, 0.2) is 0 Å². The molecule has 2 fully saturated rings. The van der Waals surface area contributed by atoms with Gasteiger partial charge in [0.2, 0.25) is 0 Å². The van der Waals surface area contributed by atoms with E-state index < -0.39 is 0 Å². The van der Waals surface area contributed by atoms with Crippen molar-refractivity contribution in [3.05, 3.63) is 42.0 Å². The van der Waals surface area contributed by atoms with Crippen molar-refractivity contribution in [2.45, 2.75) is 13.0 Å². The van der Waals surface area contributed by atoms with E-state index in [2.05, 4.69) is 9.80 Å². The number of benzene rings is 1. The number of likely N-dealkylation sites (N-methyl/N-ethyl adjacent to an activating group) is 1. The average molecular weight is 329 g/mol. The number of para-hydroxylation sites is 1. The number of amides is 1. The van der Waals surface area contributed by atoms with E-state index >= 15 is 0 Å². The van der Waals surface area contributed by atoms with Crippen LogP contribution in [0, 0.1) is 0 Å². The molecule has 0 N–H and O–H groups in total. The number of rotatable bonds is 5. The van der Waals surface area contributed by atoms with Crippen LogP contribution >= 0.6 is 0 Å². The normalized spacial score (nSPS) is 20.7. The summed E-state index contributed by atoms with van der Waals surface area (Å²) in [5.41, 5.74) is 1.79. The van der Waals surface area contributed by atoms with Crippen molar-refractivity contribution >= 4 is 11.6 Å². The fraction of sp³-hybridized carbons (Fsp3) is 0.526. The summed E-state index contributed by atoms with van der Waals surface area (Å²) in [4.78, 5) is 19.4. The lowest BCUT2D eigenvalue weighted by Crippen LogP contribution is -2.56. The molecular formula is C19H27N3O2. The van der Waals surface area contributed by atoms with Gasteiger partial charge in [0.25, 0.3) is 5.91 Å². The van der Waals surface area contributed by atoms with Crippen molar-refractivity contribution in [2.75, 3.05) is 57.9 Å². The molecule has 24 heavy (non-hydrogen) atoms. The molecular weight excluding hydrogens is 302 g/mol. The topological polar surface area (TPSA) is 36.0 Å². The Morgan fingerprint density at radius 3 is 2.42 bits per heavy atom. The van der Waals surface area contributed by atoms with Crippen LogP contribution in [0.2, 0.25) is 0 Å². The first-order chi connectivity index (χ1) is 11.7. The Kier molecular flexibility index (Phi) is 5.66. The van der Waals surface area contributed by atoms with Crippen LogP contribution in [0.5, 0.6) is 0 Å². The van der Waals surface area contributed by atoms with Crippen molar-refractivity contribution in [1.29, 1.82) is 0 Å². The third-order valence-electron chi connectivity index (χ3n) is 5.01. The van der Waals surface area contributed by atoms with Gasteiger partial charge in [0.05, 0.1) is 19.3 Å². The van der Waals surface area contributed by atoms with E-state index in [0.29, 0.717) is 6.04 Å². The molecule has 1 amide bonds. The number of anilines is 1. The standard InChI is InChI=1S/C19H27N3O2/c1-3-16(19(23)20(2)17-7-5-4-6-8-17)13-21-9-11-22(12-10-21)18-14-24-15-18/h3-8,18H,9-15H2,1-2H3/b16-3-. The molecule has 3 rings (SSSR count). The molecule has 2 saturated heterocycles. The van der Waals surface area contributed by atoms with Crippen LogP contribution in [0.15, 0.2) is 42.0 Å². The third-order valence-corrected chi connectivity index (χ3v) is 5.01. The Morgan fingerprint density at radius 1 is 1.21 bits per heavy atom. The Bertz CT molecular complexity index is 576. The van der Waals surface area contributed by atoms with Crippen LogP contribution in [0.1, 0.15) is 6.92 Å². The zero-order valence-corrected chi connectivity index (χ0v) is 14.6. The fourth-order valence-electron chi connectivity index (χ4n) is 3.23. The lowest BCUT2D eigenvalue weighted by molar-refractivity contribution is -0.115. The summed E-state index contributed by atoms with van der Waals surface area (Å²) in [5, 5.41) is 0. The number of ether oxygens (including phenoxy) is 1. The minimum atomic E-state index is 0.0820. The van der Waals surface area contributed by atoms with Crippen molar-refractivity contribution in [2.24, 2.45) is 0 Å². The summed E-state index contributed by atoms with van der Waals surface area (Å²) >= 11 is 0. The Hall–Kier alpha value is -1.69. The van der Waals surface area contributed by atoms with Crippen molar-refractivity contribution in [3.63, 3.8) is 0 Å². The number of hydrogen-bond acceptors (Lipinski definition) is 4. The van der Waals surface area contributed by atoms with Crippen LogP contribution in [-0.2, 0) is 9.53 Å². The monoisotopic (exact) mass is 329 g/mol. The Morgan fingerprint density at radius 2 is 1.88 bits per heavy atom. The van der Waals surface area contributed by atoms with Crippen LogP contribution in [-0.4, -0.2) is 74.7 Å². The Labute approximate surface area is 144 Å². The second-order valence-corrected chi connectivity index (χ2v) is 6.52. The first-order valence-corrected chi connectivity index (χ1v) is 8.71. The molecule has 0 aliphatic carbocycles. The zero-order chi connectivity index (χ0) is 16.9. The SMILES string of the molecule is C/C=C(/CN1CCN(C2COC2)CC1)C(=O)N(C)c1ccccc1. The molecule has 2 aliphatic rings. The maximum atomic E-state index is 12.8. The minimum absolute atomic E-state index is 0.0820. The summed E-state index contributed by atoms with van der Waals surface area (Å²) in [6.07, 6.45) is 1.95. The number of nitrogens with zero attached hydrogens (tertiary/aromatic N) is 3. The van der Waals surface area contributed by atoms with Crippen molar-refractivity contribution < 1.29 is 9.53 Å². The van der Waals surface area contributed by atoms with Crippen molar-refractivity contribution in [1.82, 2.24) is 9.80 Å². The molecule has 0 saturated carbocycles. The van der Waals surface area contributed by atoms with Gasteiger partial charge in [-0.25, -0.2) is 0 Å². The van der Waals surface area contributed by atoms with Gasteiger partial charge in [0.1, 0.15) is 0 Å². The quantitative estimate of drug-likeness (QED) is 0.769. The summed E-state index contributed by atoms with van der Waals surface area (Å²) in [6, 6.07) is 10.4. The van der Waals surface area contributed by atoms with E-state index in [1.165, 1.54) is 0 Å². The average Bonchev–Trinajstić information content (AvgIpc) is 2.59. The highest BCUT2D eigenvalue weighted by Crippen LogP contribution is 2.17. The fourth-order valence-corrected chi connectivity index (χ4v) is 3.23. The number of carbonyl (C=O) groups excluding carboxylic acids is 1. The highest BCUT2D eigenvalue weighted by molar-refractivity contribution is 6.05. The van der Waals surface area contributed by atoms with E-state index in [-0.39, 0.29) is 5.91 Å². The third kappa shape index (κ3) is 3.86. The molecule has 1 aromatic rings. The van der Waals surface area contributed by atoms with Crippen LogP contribution in [0.4, 0.5) is 5.69 Å². The molecule has 0 spiro atoms. The van der Waals surface area contributed by atoms with Gasteiger partial charge in [-0.2, -0.15) is 0 Å². The Balaban J connectivity index is 1.54. The van der Waals surface area contributed by atoms with E-state index in [4.69, 9.17) is 4.74 Å². The smallest absolute Gasteiger partial charge is 0.254 e. The predicted molar refractivity (Wildman–Crippen MR) is 96.2 cm³/mol. The molecule has 5 nitrogen and oxygen atoms in total. The lowest BCUT2D eigenvalue weighted by Gasteiger charge is -2.42. The molecule has 2 aliphatic heterocycles. The van der Waals surface area contributed by atoms with Gasteiger partial charge in [-0.05, 0) is 19.1 Å². The number of carbonyl (C=O) groups is 1. The van der Waals surface area contributed by atoms with Crippen LogP contribution in [0.25, 0.3) is 0 Å². The molecule has 0 radical (unpaired) electrons. The van der Waals surface area contributed by atoms with Crippen LogP contribution in [0.3, 0.4) is 0 Å². The first kappa shape index (κ1) is 17.1. The summed E-state index contributed by atoms with van der Waals surface area (Å²) in [7, 11) is 1.84. The lowest BCUT2D eigenvalue weighted by atomic mass is 10.1. The van der Waals surface area contributed by atoms with Gasteiger partial charge < -0.3 is 9.64 Å². The largest absolute Gasteiger partial charge is 0.378 e. The van der Waals surface area contributed by atoms with E-state index in [1.807, 2.05) is 50.4 Å². The zero-order valence-electron chi connectivity index (χ0n) is 14.6. The van der Waals surface area contributed by atoms with Gasteiger partial charge in [-0.3, -0.25) is 14.6 Å². The van der Waals surface area contributed by atoms with Gasteiger partial charge in [-0.15, -0.1) is 0 Å². The molecule has 0 atom stereocenters. The predicted octanol–water partition coefficient (Wildman–Crippen LogP) is 1.61. The number of piperazine rings is 1. The summed E-state index contributed by atoms with van der Waals surface area (Å²) in [6.45, 7) is 8.57. The second kappa shape index (κ2) is 7.92. The van der Waals surface area contributed by atoms with E-state index in [0.717, 1.165) is 57.2 Å².